The lowest BCUT2D eigenvalue weighted by molar-refractivity contribution is 0.201. The summed E-state index contributed by atoms with van der Waals surface area (Å²) in [5, 5.41) is 3.56. The first-order valence-electron chi connectivity index (χ1n) is 7.59. The van der Waals surface area contributed by atoms with E-state index in [1.165, 1.54) is 18.4 Å². The second-order valence-electron chi connectivity index (χ2n) is 5.48. The fourth-order valence-electron chi connectivity index (χ4n) is 2.08. The molecule has 0 aliphatic carbocycles. The highest BCUT2D eigenvalue weighted by molar-refractivity contribution is 5.31. The second kappa shape index (κ2) is 8.98. The van der Waals surface area contributed by atoms with E-state index in [-0.39, 0.29) is 6.10 Å². The topological polar surface area (TPSA) is 21.3 Å². The van der Waals surface area contributed by atoms with E-state index in [0.717, 1.165) is 25.1 Å². The van der Waals surface area contributed by atoms with Gasteiger partial charge in [0.05, 0.1) is 6.10 Å². The van der Waals surface area contributed by atoms with E-state index in [9.17, 15) is 0 Å². The molecule has 1 rings (SSSR count). The van der Waals surface area contributed by atoms with Crippen LogP contribution in [0.15, 0.2) is 24.3 Å². The lowest BCUT2D eigenvalue weighted by atomic mass is 10.1. The van der Waals surface area contributed by atoms with Gasteiger partial charge < -0.3 is 10.1 Å². The summed E-state index contributed by atoms with van der Waals surface area (Å²) in [5.41, 5.74) is 1.21. The molecule has 0 radical (unpaired) electrons. The summed E-state index contributed by atoms with van der Waals surface area (Å²) < 4.78 is 5.99. The molecule has 1 aromatic carbocycles. The molecule has 0 heterocycles. The third-order valence-corrected chi connectivity index (χ3v) is 3.45. The van der Waals surface area contributed by atoms with Crippen LogP contribution in [0.4, 0.5) is 0 Å². The van der Waals surface area contributed by atoms with Crippen LogP contribution in [0.25, 0.3) is 0 Å². The SMILES string of the molecule is CCCCNC(C)CCC(C)Oc1ccccc1C. The minimum absolute atomic E-state index is 0.275. The van der Waals surface area contributed by atoms with Crippen molar-refractivity contribution in [2.75, 3.05) is 6.54 Å². The van der Waals surface area contributed by atoms with Gasteiger partial charge in [0.25, 0.3) is 0 Å². The molecule has 2 atom stereocenters. The summed E-state index contributed by atoms with van der Waals surface area (Å²) in [4.78, 5) is 0. The second-order valence-corrected chi connectivity index (χ2v) is 5.48. The van der Waals surface area contributed by atoms with Crippen molar-refractivity contribution in [3.05, 3.63) is 29.8 Å². The van der Waals surface area contributed by atoms with Crippen molar-refractivity contribution in [1.29, 1.82) is 0 Å². The molecule has 19 heavy (non-hydrogen) atoms. The predicted octanol–water partition coefficient (Wildman–Crippen LogP) is 4.32. The van der Waals surface area contributed by atoms with Crippen molar-refractivity contribution in [3.63, 3.8) is 0 Å². The van der Waals surface area contributed by atoms with Crippen LogP contribution in [-0.4, -0.2) is 18.7 Å². The first-order valence-corrected chi connectivity index (χ1v) is 7.59. The molecule has 0 aliphatic rings. The lowest BCUT2D eigenvalue weighted by Crippen LogP contribution is -2.28. The third-order valence-electron chi connectivity index (χ3n) is 3.45. The average molecular weight is 263 g/mol. The first kappa shape index (κ1) is 16.0. The Morgan fingerprint density at radius 3 is 2.58 bits per heavy atom. The molecule has 0 fully saturated rings. The van der Waals surface area contributed by atoms with Crippen LogP contribution in [0.3, 0.4) is 0 Å². The molecular weight excluding hydrogens is 234 g/mol. The Morgan fingerprint density at radius 2 is 1.89 bits per heavy atom. The molecule has 0 aliphatic heterocycles. The molecule has 1 aromatic rings. The maximum Gasteiger partial charge on any atom is 0.122 e. The van der Waals surface area contributed by atoms with Gasteiger partial charge in [-0.3, -0.25) is 0 Å². The van der Waals surface area contributed by atoms with Crippen LogP contribution in [0.5, 0.6) is 5.75 Å². The summed E-state index contributed by atoms with van der Waals surface area (Å²) >= 11 is 0. The van der Waals surface area contributed by atoms with Gasteiger partial charge in [-0.15, -0.1) is 0 Å². The molecular formula is C17H29NO. The van der Waals surface area contributed by atoms with Crippen LogP contribution in [0.1, 0.15) is 52.0 Å². The zero-order chi connectivity index (χ0) is 14.1. The van der Waals surface area contributed by atoms with Crippen molar-refractivity contribution in [2.45, 2.75) is 65.5 Å². The number of unbranched alkanes of at least 4 members (excludes halogenated alkanes) is 1. The van der Waals surface area contributed by atoms with Gasteiger partial charge in [0, 0.05) is 6.04 Å². The number of aryl methyl sites for hydroxylation is 1. The van der Waals surface area contributed by atoms with E-state index >= 15 is 0 Å². The molecule has 0 spiro atoms. The van der Waals surface area contributed by atoms with Crippen molar-refractivity contribution in [2.24, 2.45) is 0 Å². The van der Waals surface area contributed by atoms with E-state index in [1.54, 1.807) is 0 Å². The molecule has 2 nitrogen and oxygen atoms in total. The Morgan fingerprint density at radius 1 is 1.16 bits per heavy atom. The molecule has 1 N–H and O–H groups in total. The van der Waals surface area contributed by atoms with Crippen LogP contribution in [0, 0.1) is 6.92 Å². The van der Waals surface area contributed by atoms with Crippen molar-refractivity contribution >= 4 is 0 Å². The normalized spacial score (nSPS) is 14.1. The minimum atomic E-state index is 0.275. The fourth-order valence-corrected chi connectivity index (χ4v) is 2.08. The minimum Gasteiger partial charge on any atom is -0.490 e. The molecule has 2 unspecified atom stereocenters. The highest BCUT2D eigenvalue weighted by Crippen LogP contribution is 2.19. The lowest BCUT2D eigenvalue weighted by Gasteiger charge is -2.19. The average Bonchev–Trinajstić information content (AvgIpc) is 2.39. The van der Waals surface area contributed by atoms with Gasteiger partial charge >= 0.3 is 0 Å². The summed E-state index contributed by atoms with van der Waals surface area (Å²) in [6, 6.07) is 8.80. The van der Waals surface area contributed by atoms with Gasteiger partial charge in [0.2, 0.25) is 0 Å². The zero-order valence-corrected chi connectivity index (χ0v) is 12.9. The van der Waals surface area contributed by atoms with E-state index in [1.807, 2.05) is 12.1 Å². The summed E-state index contributed by atoms with van der Waals surface area (Å²) in [7, 11) is 0. The molecule has 0 amide bonds. The molecule has 2 heteroatoms. The van der Waals surface area contributed by atoms with Crippen molar-refractivity contribution in [1.82, 2.24) is 5.32 Å². The largest absolute Gasteiger partial charge is 0.490 e. The van der Waals surface area contributed by atoms with Crippen LogP contribution in [0.2, 0.25) is 0 Å². The molecule has 0 saturated carbocycles. The number of para-hydroxylation sites is 1. The van der Waals surface area contributed by atoms with Crippen LogP contribution < -0.4 is 10.1 Å². The number of benzene rings is 1. The van der Waals surface area contributed by atoms with E-state index in [0.29, 0.717) is 6.04 Å². The van der Waals surface area contributed by atoms with Gasteiger partial charge in [-0.05, 0) is 58.2 Å². The zero-order valence-electron chi connectivity index (χ0n) is 12.9. The number of ether oxygens (including phenoxy) is 1. The Labute approximate surface area is 118 Å². The van der Waals surface area contributed by atoms with Crippen LogP contribution >= 0.6 is 0 Å². The smallest absolute Gasteiger partial charge is 0.122 e. The standard InChI is InChI=1S/C17H29NO/c1-5-6-13-18-15(3)11-12-16(4)19-17-10-8-7-9-14(17)2/h7-10,15-16,18H,5-6,11-13H2,1-4H3. The molecule has 108 valence electrons. The van der Waals surface area contributed by atoms with Crippen molar-refractivity contribution in [3.8, 4) is 5.75 Å². The van der Waals surface area contributed by atoms with E-state index in [2.05, 4.69) is 45.1 Å². The Balaban J connectivity index is 2.24. The third kappa shape index (κ3) is 6.63. The number of rotatable bonds is 9. The molecule has 0 saturated heterocycles. The van der Waals surface area contributed by atoms with E-state index in [4.69, 9.17) is 4.74 Å². The van der Waals surface area contributed by atoms with E-state index < -0.39 is 0 Å². The van der Waals surface area contributed by atoms with Gasteiger partial charge in [-0.25, -0.2) is 0 Å². The van der Waals surface area contributed by atoms with Gasteiger partial charge in [-0.2, -0.15) is 0 Å². The fraction of sp³-hybridized carbons (Fsp3) is 0.647. The quantitative estimate of drug-likeness (QED) is 0.670. The summed E-state index contributed by atoms with van der Waals surface area (Å²) in [5.74, 6) is 1.02. The Kier molecular flexibility index (Phi) is 7.57. The van der Waals surface area contributed by atoms with Gasteiger partial charge in [-0.1, -0.05) is 31.5 Å². The number of hydrogen-bond acceptors (Lipinski definition) is 2. The maximum absolute atomic E-state index is 5.99. The number of hydrogen-bond donors (Lipinski definition) is 1. The molecule has 0 aromatic heterocycles. The van der Waals surface area contributed by atoms with Crippen LogP contribution in [-0.2, 0) is 0 Å². The Hall–Kier alpha value is -1.02. The molecule has 0 bridgehead atoms. The summed E-state index contributed by atoms with van der Waals surface area (Å²) in [6.45, 7) is 9.87. The van der Waals surface area contributed by atoms with Crippen molar-refractivity contribution < 1.29 is 4.74 Å². The highest BCUT2D eigenvalue weighted by atomic mass is 16.5. The summed E-state index contributed by atoms with van der Waals surface area (Å²) in [6.07, 6.45) is 5.05. The highest BCUT2D eigenvalue weighted by Gasteiger charge is 2.08. The number of nitrogens with one attached hydrogen (secondary N) is 1. The van der Waals surface area contributed by atoms with Gasteiger partial charge in [0.15, 0.2) is 0 Å². The predicted molar refractivity (Wildman–Crippen MR) is 82.9 cm³/mol. The van der Waals surface area contributed by atoms with Gasteiger partial charge in [0.1, 0.15) is 5.75 Å². The maximum atomic E-state index is 5.99. The Bertz CT molecular complexity index is 351. The monoisotopic (exact) mass is 263 g/mol. The first-order chi connectivity index (χ1) is 9.13.